The van der Waals surface area contributed by atoms with E-state index in [2.05, 4.69) is 10.2 Å². The standard InChI is InChI=1S/C15H23N3O3S2/c1-11-9-17-7-3-4-13(17)10-18(11)23(20,21)15-6-5-14(22-15)8-16-12(2)19/h5-6,11,13H,3-4,7-10H2,1-2H3,(H,16,19)/t11-,13-/m1/s1. The predicted molar refractivity (Wildman–Crippen MR) is 89.8 cm³/mol. The number of nitrogens with one attached hydrogen (secondary N) is 1. The van der Waals surface area contributed by atoms with E-state index in [9.17, 15) is 13.2 Å². The molecule has 3 rings (SSSR count). The van der Waals surface area contributed by atoms with Gasteiger partial charge < -0.3 is 5.32 Å². The van der Waals surface area contributed by atoms with E-state index in [-0.39, 0.29) is 11.9 Å². The minimum absolute atomic E-state index is 0.00440. The smallest absolute Gasteiger partial charge is 0.252 e. The maximum Gasteiger partial charge on any atom is 0.252 e. The molecular weight excluding hydrogens is 334 g/mol. The normalized spacial score (nSPS) is 26.2. The summed E-state index contributed by atoms with van der Waals surface area (Å²) in [4.78, 5) is 14.2. The number of sulfonamides is 1. The van der Waals surface area contributed by atoms with E-state index in [0.29, 0.717) is 23.3 Å². The lowest BCUT2D eigenvalue weighted by Crippen LogP contribution is -2.56. The summed E-state index contributed by atoms with van der Waals surface area (Å²) in [7, 11) is -3.46. The van der Waals surface area contributed by atoms with E-state index in [4.69, 9.17) is 0 Å². The molecule has 2 fully saturated rings. The molecule has 1 aromatic rings. The third-order valence-electron chi connectivity index (χ3n) is 4.59. The summed E-state index contributed by atoms with van der Waals surface area (Å²) >= 11 is 1.24. The van der Waals surface area contributed by atoms with Crippen molar-refractivity contribution in [2.75, 3.05) is 19.6 Å². The average molecular weight is 358 g/mol. The summed E-state index contributed by atoms with van der Waals surface area (Å²) in [5.74, 6) is -0.117. The van der Waals surface area contributed by atoms with Gasteiger partial charge in [0.1, 0.15) is 4.21 Å². The van der Waals surface area contributed by atoms with Crippen LogP contribution in [0.25, 0.3) is 0 Å². The summed E-state index contributed by atoms with van der Waals surface area (Å²) in [6, 6.07) is 3.80. The van der Waals surface area contributed by atoms with Gasteiger partial charge >= 0.3 is 0 Å². The summed E-state index contributed by atoms with van der Waals surface area (Å²) in [6.45, 7) is 6.30. The summed E-state index contributed by atoms with van der Waals surface area (Å²) in [5.41, 5.74) is 0. The highest BCUT2D eigenvalue weighted by molar-refractivity contribution is 7.91. The van der Waals surface area contributed by atoms with Crippen LogP contribution in [0.2, 0.25) is 0 Å². The van der Waals surface area contributed by atoms with Crippen LogP contribution in [0.4, 0.5) is 0 Å². The quantitative estimate of drug-likeness (QED) is 0.880. The molecule has 0 spiro atoms. The first-order valence-corrected chi connectivity index (χ1v) is 10.2. The number of rotatable bonds is 4. The molecule has 1 amide bonds. The zero-order chi connectivity index (χ0) is 16.6. The number of piperazine rings is 1. The molecule has 0 saturated carbocycles. The van der Waals surface area contributed by atoms with Gasteiger partial charge in [-0.05, 0) is 38.4 Å². The predicted octanol–water partition coefficient (Wildman–Crippen LogP) is 1.24. The van der Waals surface area contributed by atoms with E-state index < -0.39 is 10.0 Å². The van der Waals surface area contributed by atoms with Crippen LogP contribution in [0.1, 0.15) is 31.6 Å². The molecule has 8 heteroatoms. The first-order chi connectivity index (χ1) is 10.9. The molecule has 2 aliphatic rings. The minimum atomic E-state index is -3.46. The van der Waals surface area contributed by atoms with E-state index in [1.54, 1.807) is 16.4 Å². The first-order valence-electron chi connectivity index (χ1n) is 7.97. The van der Waals surface area contributed by atoms with Crippen LogP contribution in [-0.4, -0.2) is 55.2 Å². The molecule has 1 aromatic heterocycles. The number of hydrogen-bond acceptors (Lipinski definition) is 5. The Labute approximate surface area is 141 Å². The second-order valence-electron chi connectivity index (χ2n) is 6.35. The lowest BCUT2D eigenvalue weighted by Gasteiger charge is -2.41. The Morgan fingerprint density at radius 1 is 1.39 bits per heavy atom. The lowest BCUT2D eigenvalue weighted by atomic mass is 10.1. The maximum absolute atomic E-state index is 13.0. The van der Waals surface area contributed by atoms with Gasteiger partial charge in [0.05, 0.1) is 6.54 Å². The molecule has 3 heterocycles. The van der Waals surface area contributed by atoms with Gasteiger partial charge in [-0.3, -0.25) is 9.69 Å². The van der Waals surface area contributed by atoms with Crippen LogP contribution in [0.15, 0.2) is 16.3 Å². The van der Waals surface area contributed by atoms with Crippen LogP contribution in [0, 0.1) is 0 Å². The van der Waals surface area contributed by atoms with Crippen LogP contribution in [-0.2, 0) is 21.4 Å². The molecule has 6 nitrogen and oxygen atoms in total. The Hall–Kier alpha value is -0.960. The minimum Gasteiger partial charge on any atom is -0.351 e. The Morgan fingerprint density at radius 2 is 2.17 bits per heavy atom. The van der Waals surface area contributed by atoms with Gasteiger partial charge in [-0.1, -0.05) is 0 Å². The Bertz CT molecular complexity index is 686. The van der Waals surface area contributed by atoms with Crippen molar-refractivity contribution in [2.45, 2.75) is 49.5 Å². The van der Waals surface area contributed by atoms with Crippen molar-refractivity contribution in [1.29, 1.82) is 0 Å². The fourth-order valence-corrected chi connectivity index (χ4v) is 6.50. The number of hydrogen-bond donors (Lipinski definition) is 1. The van der Waals surface area contributed by atoms with Crippen LogP contribution in [0.5, 0.6) is 0 Å². The molecule has 0 radical (unpaired) electrons. The molecule has 2 saturated heterocycles. The molecular formula is C15H23N3O3S2. The van der Waals surface area contributed by atoms with Crippen molar-refractivity contribution in [2.24, 2.45) is 0 Å². The largest absolute Gasteiger partial charge is 0.351 e. The van der Waals surface area contributed by atoms with Gasteiger partial charge in [0.25, 0.3) is 10.0 Å². The molecule has 23 heavy (non-hydrogen) atoms. The number of carbonyl (C=O) groups excluding carboxylic acids is 1. The highest BCUT2D eigenvalue weighted by Crippen LogP contribution is 2.31. The number of nitrogens with zero attached hydrogens (tertiary/aromatic N) is 2. The number of fused-ring (bicyclic) bond motifs is 1. The SMILES string of the molecule is CC(=O)NCc1ccc(S(=O)(=O)N2C[C@H]3CCCN3C[C@H]2C)s1. The third-order valence-corrected chi connectivity index (χ3v) is 8.12. The molecule has 0 aliphatic carbocycles. The van der Waals surface area contributed by atoms with Gasteiger partial charge in [-0.25, -0.2) is 8.42 Å². The van der Waals surface area contributed by atoms with Crippen molar-refractivity contribution < 1.29 is 13.2 Å². The van der Waals surface area contributed by atoms with Crippen molar-refractivity contribution in [3.63, 3.8) is 0 Å². The third kappa shape index (κ3) is 3.45. The summed E-state index contributed by atoms with van der Waals surface area (Å²) < 4.78 is 28.0. The van der Waals surface area contributed by atoms with Gasteiger partial charge in [-0.15, -0.1) is 11.3 Å². The van der Waals surface area contributed by atoms with E-state index in [1.165, 1.54) is 18.3 Å². The van der Waals surface area contributed by atoms with Gasteiger partial charge in [-0.2, -0.15) is 4.31 Å². The highest BCUT2D eigenvalue weighted by Gasteiger charge is 2.40. The molecule has 128 valence electrons. The van der Waals surface area contributed by atoms with Crippen molar-refractivity contribution in [3.8, 4) is 0 Å². The van der Waals surface area contributed by atoms with E-state index >= 15 is 0 Å². The fraction of sp³-hybridized carbons (Fsp3) is 0.667. The lowest BCUT2D eigenvalue weighted by molar-refractivity contribution is -0.119. The molecule has 2 atom stereocenters. The number of amides is 1. The number of thiophene rings is 1. The monoisotopic (exact) mass is 357 g/mol. The molecule has 2 aliphatic heterocycles. The van der Waals surface area contributed by atoms with Crippen molar-refractivity contribution in [1.82, 2.24) is 14.5 Å². The van der Waals surface area contributed by atoms with Crippen molar-refractivity contribution >= 4 is 27.3 Å². The number of carbonyl (C=O) groups is 1. The molecule has 0 bridgehead atoms. The molecule has 0 unspecified atom stereocenters. The Kier molecular flexibility index (Phi) is 4.78. The summed E-state index contributed by atoms with van der Waals surface area (Å²) in [5, 5.41) is 2.70. The van der Waals surface area contributed by atoms with Gasteiger partial charge in [0, 0.05) is 37.0 Å². The molecule has 0 aromatic carbocycles. The van der Waals surface area contributed by atoms with Crippen LogP contribution in [0.3, 0.4) is 0 Å². The van der Waals surface area contributed by atoms with Gasteiger partial charge in [0.2, 0.25) is 5.91 Å². The van der Waals surface area contributed by atoms with Crippen LogP contribution >= 0.6 is 11.3 Å². The van der Waals surface area contributed by atoms with E-state index in [0.717, 1.165) is 30.8 Å². The topological polar surface area (TPSA) is 69.7 Å². The first kappa shape index (κ1) is 16.9. The zero-order valence-corrected chi connectivity index (χ0v) is 15.1. The summed E-state index contributed by atoms with van der Waals surface area (Å²) in [6.07, 6.45) is 2.24. The Morgan fingerprint density at radius 3 is 2.91 bits per heavy atom. The van der Waals surface area contributed by atoms with Crippen LogP contribution < -0.4 is 5.32 Å². The Balaban J connectivity index is 1.76. The molecule has 1 N–H and O–H groups in total. The van der Waals surface area contributed by atoms with Crippen molar-refractivity contribution in [3.05, 3.63) is 17.0 Å². The van der Waals surface area contributed by atoms with E-state index in [1.807, 2.05) is 6.92 Å². The highest BCUT2D eigenvalue weighted by atomic mass is 32.2. The second kappa shape index (κ2) is 6.51. The maximum atomic E-state index is 13.0. The second-order valence-corrected chi connectivity index (χ2v) is 9.63. The fourth-order valence-electron chi connectivity index (χ4n) is 3.41. The average Bonchev–Trinajstić information content (AvgIpc) is 3.12. The zero-order valence-electron chi connectivity index (χ0n) is 13.5. The van der Waals surface area contributed by atoms with Gasteiger partial charge in [0.15, 0.2) is 0 Å².